The minimum absolute atomic E-state index is 0.0471. The molecule has 1 aromatic heterocycles. The van der Waals surface area contributed by atoms with Crippen molar-refractivity contribution in [3.05, 3.63) is 56.5 Å². The van der Waals surface area contributed by atoms with E-state index in [-0.39, 0.29) is 27.8 Å². The number of phosphoric acid groups is 1. The van der Waals surface area contributed by atoms with E-state index in [1.165, 1.54) is 0 Å². The average molecular weight is 493 g/mol. The van der Waals surface area contributed by atoms with Gasteiger partial charge in [-0.2, -0.15) is 0 Å². The van der Waals surface area contributed by atoms with Crippen LogP contribution in [0.1, 0.15) is 23.5 Å². The van der Waals surface area contributed by atoms with E-state index >= 15 is 4.39 Å². The number of nitrogens with zero attached hydrogens (tertiary/aromatic N) is 1. The zero-order valence-corrected chi connectivity index (χ0v) is 17.5. The fourth-order valence-corrected chi connectivity index (χ4v) is 4.40. The van der Waals surface area contributed by atoms with Crippen molar-refractivity contribution in [2.75, 3.05) is 6.61 Å². The lowest BCUT2D eigenvalue weighted by Gasteiger charge is -2.28. The summed E-state index contributed by atoms with van der Waals surface area (Å²) in [6.07, 6.45) is -6.82. The Balaban J connectivity index is 1.58. The summed E-state index contributed by atoms with van der Waals surface area (Å²) in [6.45, 7) is -1.76. The molecule has 3 N–H and O–H groups in total. The molecule has 1 saturated heterocycles. The van der Waals surface area contributed by atoms with E-state index in [1.54, 1.807) is 0 Å². The number of rotatable bonds is 5. The topological polar surface area (TPSA) is 149 Å². The number of ether oxygens (including phenoxy) is 1. The number of carbonyl (C=O) groups is 1. The van der Waals surface area contributed by atoms with Gasteiger partial charge in [-0.15, -0.1) is 0 Å². The molecule has 1 unspecified atom stereocenters. The number of nitrogens with one attached hydrogen (secondary N) is 1. The minimum atomic E-state index is -4.48. The highest BCUT2D eigenvalue weighted by Crippen LogP contribution is 2.55. The van der Waals surface area contributed by atoms with Crippen LogP contribution in [0.2, 0.25) is 0 Å². The van der Waals surface area contributed by atoms with Crippen LogP contribution in [-0.2, 0) is 25.0 Å². The highest BCUT2D eigenvalue weighted by atomic mass is 32.1. The van der Waals surface area contributed by atoms with Crippen LogP contribution in [0.3, 0.4) is 0 Å². The number of benzene rings is 1. The van der Waals surface area contributed by atoms with Gasteiger partial charge >= 0.3 is 13.5 Å². The van der Waals surface area contributed by atoms with Gasteiger partial charge in [0, 0.05) is 11.8 Å². The number of aliphatic hydroxyl groups excluding tert-OH is 2. The Morgan fingerprint density at radius 2 is 2.25 bits per heavy atom. The molecule has 0 aliphatic carbocycles. The van der Waals surface area contributed by atoms with Crippen molar-refractivity contribution in [2.45, 2.75) is 30.9 Å². The number of phosphoric ester groups is 1. The summed E-state index contributed by atoms with van der Waals surface area (Å²) in [5.74, 6) is -4.02. The molecule has 2 aliphatic rings. The largest absolute Gasteiger partial charge is 0.530 e. The number of aromatic amines is 1. The van der Waals surface area contributed by atoms with Crippen LogP contribution >= 0.6 is 20.0 Å². The van der Waals surface area contributed by atoms with Crippen LogP contribution in [0.25, 0.3) is 0 Å². The van der Waals surface area contributed by atoms with Gasteiger partial charge in [0.2, 0.25) is 0 Å². The summed E-state index contributed by atoms with van der Waals surface area (Å²) >= 11 is 4.78. The molecule has 0 spiro atoms. The summed E-state index contributed by atoms with van der Waals surface area (Å²) in [5, 5.41) is 20.5. The predicted octanol–water partition coefficient (Wildman–Crippen LogP) is 1.51. The number of carbonyl (C=O) groups excluding carboxylic acids is 1. The van der Waals surface area contributed by atoms with Crippen molar-refractivity contribution in [3.8, 4) is 5.75 Å². The van der Waals surface area contributed by atoms with Gasteiger partial charge in [-0.05, 0) is 18.2 Å². The van der Waals surface area contributed by atoms with Crippen LogP contribution in [0, 0.1) is 10.5 Å². The molecule has 4 rings (SSSR count). The molecule has 2 aromatic rings. The molecule has 172 valence electrons. The number of aliphatic hydroxyl groups is 2. The smallest absolute Gasteiger partial charge is 0.404 e. The third kappa shape index (κ3) is 4.06. The number of alkyl halides is 1. The quantitative estimate of drug-likeness (QED) is 0.318. The van der Waals surface area contributed by atoms with Gasteiger partial charge < -0.3 is 19.5 Å². The molecular weight excluding hydrogens is 477 g/mol. The number of aromatic nitrogens is 2. The third-order valence-electron chi connectivity index (χ3n) is 4.63. The maximum absolute atomic E-state index is 15.4. The van der Waals surface area contributed by atoms with E-state index in [9.17, 15) is 28.8 Å². The van der Waals surface area contributed by atoms with E-state index in [4.69, 9.17) is 31.9 Å². The molecule has 5 atom stereocenters. The van der Waals surface area contributed by atoms with Gasteiger partial charge in [0.05, 0.1) is 13.5 Å². The third-order valence-corrected chi connectivity index (χ3v) is 6.28. The van der Waals surface area contributed by atoms with Crippen molar-refractivity contribution < 1.29 is 48.0 Å². The molecule has 32 heavy (non-hydrogen) atoms. The summed E-state index contributed by atoms with van der Waals surface area (Å²) in [4.78, 5) is 25.4. The Morgan fingerprint density at radius 1 is 1.50 bits per heavy atom. The van der Waals surface area contributed by atoms with Crippen LogP contribution in [0.15, 0.2) is 29.2 Å². The summed E-state index contributed by atoms with van der Waals surface area (Å²) in [6, 6.07) is 3.25. The number of hydrogen-bond donors (Lipinski definition) is 3. The highest BCUT2D eigenvalue weighted by molar-refractivity contribution is 7.71. The Morgan fingerprint density at radius 3 is 2.97 bits per heavy atom. The maximum Gasteiger partial charge on any atom is 0.530 e. The summed E-state index contributed by atoms with van der Waals surface area (Å²) in [7, 11) is -4.48. The molecule has 15 heteroatoms. The van der Waals surface area contributed by atoms with E-state index < -0.39 is 56.8 Å². The normalized spacial score (nSPS) is 34.4. The van der Waals surface area contributed by atoms with Crippen LogP contribution in [0.5, 0.6) is 5.75 Å². The Kier molecular flexibility index (Phi) is 5.53. The van der Waals surface area contributed by atoms with E-state index in [2.05, 4.69) is 4.98 Å². The molecule has 2 aliphatic heterocycles. The lowest BCUT2D eigenvalue weighted by Crippen LogP contribution is -2.43. The summed E-state index contributed by atoms with van der Waals surface area (Å²) < 4.78 is 69.5. The Labute approximate surface area is 184 Å². The zero-order valence-electron chi connectivity index (χ0n) is 16.8. The first kappa shape index (κ1) is 21.5. The first-order chi connectivity index (χ1) is 15.4. The fourth-order valence-electron chi connectivity index (χ4n) is 2.98. The van der Waals surface area contributed by atoms with Gasteiger partial charge in [0.15, 0.2) is 12.5 Å². The average Bonchev–Trinajstić information content (AvgIpc) is 2.94. The number of fused-ring (bicyclic) bond motifs is 1. The van der Waals surface area contributed by atoms with Gasteiger partial charge in [-0.25, -0.2) is 18.1 Å². The van der Waals surface area contributed by atoms with Gasteiger partial charge in [-0.3, -0.25) is 23.4 Å². The monoisotopic (exact) mass is 493 g/mol. The van der Waals surface area contributed by atoms with E-state index in [1.807, 2.05) is 0 Å². The molecule has 0 radical (unpaired) electrons. The predicted molar refractivity (Wildman–Crippen MR) is 103 cm³/mol. The molecule has 11 nitrogen and oxygen atoms in total. The van der Waals surface area contributed by atoms with Crippen molar-refractivity contribution in [1.82, 2.24) is 9.55 Å². The molecule has 0 amide bonds. The van der Waals surface area contributed by atoms with E-state index in [0.29, 0.717) is 4.57 Å². The van der Waals surface area contributed by atoms with Crippen LogP contribution in [-0.4, -0.2) is 50.7 Å². The van der Waals surface area contributed by atoms with Crippen LogP contribution < -0.4 is 10.2 Å². The van der Waals surface area contributed by atoms with Crippen molar-refractivity contribution >= 4 is 26.3 Å². The Bertz CT molecular complexity index is 1290. The number of H-pyrrole nitrogens is 1. The zero-order chi connectivity index (χ0) is 24.2. The second kappa shape index (κ2) is 8.23. The number of aldehydes is 1. The molecule has 1 fully saturated rings. The van der Waals surface area contributed by atoms with Crippen molar-refractivity contribution in [1.29, 1.82) is 0 Å². The fraction of sp³-hybridized carbons (Fsp3) is 0.353. The second-order valence-corrected chi connectivity index (χ2v) is 8.79. The SMILES string of the molecule is [2H][C@@]1(n2cc(C=O)c(=S)[nH]c2=O)O[C@](F)(COP2(=O)OCc3cc(F)ccc3O2)[C@@H](O)[C@H]1O. The molecular formula is C17H15F2N2O9PS. The standard InChI is InChI=1S/C17H15F2N2O9PS/c18-10-1-2-11-8(3-10)6-27-31(26,30-11)28-7-17(19)13(24)12(23)15(29-17)21-4-9(5-22)14(32)20-16(21)25/h1-5,12-13,15,23-24H,6-7H2,(H,20,25,32)/t12-,13+,15-,17-,31?/m1/s1/i15D. The number of hydrogen-bond acceptors (Lipinski definition) is 10. The molecule has 0 saturated carbocycles. The lowest BCUT2D eigenvalue weighted by atomic mass is 10.1. The first-order valence-electron chi connectivity index (χ1n) is 9.35. The van der Waals surface area contributed by atoms with Crippen LogP contribution in [0.4, 0.5) is 8.78 Å². The van der Waals surface area contributed by atoms with Gasteiger partial charge in [0.25, 0.3) is 5.85 Å². The van der Waals surface area contributed by atoms with Crippen molar-refractivity contribution in [3.63, 3.8) is 0 Å². The van der Waals surface area contributed by atoms with Crippen molar-refractivity contribution in [2.24, 2.45) is 0 Å². The Hall–Kier alpha value is -2.32. The summed E-state index contributed by atoms with van der Waals surface area (Å²) in [5.41, 5.74) is -1.21. The second-order valence-electron chi connectivity index (χ2n) is 6.79. The molecule has 3 heterocycles. The number of halogens is 2. The minimum Gasteiger partial charge on any atom is -0.404 e. The molecule has 1 aromatic carbocycles. The lowest BCUT2D eigenvalue weighted by molar-refractivity contribution is -0.205. The molecule has 0 bridgehead atoms. The van der Waals surface area contributed by atoms with E-state index in [0.717, 1.165) is 24.4 Å². The maximum atomic E-state index is 15.4. The van der Waals surface area contributed by atoms with Gasteiger partial charge in [-0.1, -0.05) is 12.2 Å². The van der Waals surface area contributed by atoms with Gasteiger partial charge in [0.1, 0.15) is 35.0 Å². The highest BCUT2D eigenvalue weighted by Gasteiger charge is 2.57. The first-order valence-corrected chi connectivity index (χ1v) is 10.7.